The van der Waals surface area contributed by atoms with E-state index >= 15 is 0 Å². The fourth-order valence-corrected chi connectivity index (χ4v) is 2.18. The smallest absolute Gasteiger partial charge is 0.371 e. The fourth-order valence-electron chi connectivity index (χ4n) is 2.18. The largest absolute Gasteiger partial charge is 0.475 e. The van der Waals surface area contributed by atoms with Crippen LogP contribution >= 0.6 is 0 Å². The summed E-state index contributed by atoms with van der Waals surface area (Å²) in [6, 6.07) is 4.97. The van der Waals surface area contributed by atoms with E-state index in [0.29, 0.717) is 12.3 Å². The Bertz CT molecular complexity index is 797. The van der Waals surface area contributed by atoms with E-state index in [9.17, 15) is 4.79 Å². The summed E-state index contributed by atoms with van der Waals surface area (Å²) in [5.41, 5.74) is 2.71. The van der Waals surface area contributed by atoms with Gasteiger partial charge in [0.2, 0.25) is 5.76 Å². The summed E-state index contributed by atoms with van der Waals surface area (Å²) in [7, 11) is 1.86. The zero-order chi connectivity index (χ0) is 15.0. The molecule has 0 fully saturated rings. The van der Waals surface area contributed by atoms with Gasteiger partial charge < -0.3 is 9.52 Å². The van der Waals surface area contributed by atoms with Gasteiger partial charge in [0, 0.05) is 25.0 Å². The monoisotopic (exact) mass is 286 g/mol. The van der Waals surface area contributed by atoms with Gasteiger partial charge in [0.05, 0.1) is 17.9 Å². The van der Waals surface area contributed by atoms with Crippen LogP contribution < -0.4 is 0 Å². The number of aryl methyl sites for hydroxylation is 2. The Morgan fingerprint density at radius 1 is 1.33 bits per heavy atom. The first-order valence-electron chi connectivity index (χ1n) is 6.39. The van der Waals surface area contributed by atoms with Crippen molar-refractivity contribution in [3.8, 4) is 11.3 Å². The first-order chi connectivity index (χ1) is 10.0. The number of hydrogen-bond acceptors (Lipinski definition) is 4. The van der Waals surface area contributed by atoms with E-state index in [2.05, 4.69) is 10.2 Å². The highest BCUT2D eigenvalue weighted by Gasteiger charge is 2.12. The molecule has 0 spiro atoms. The van der Waals surface area contributed by atoms with E-state index in [1.54, 1.807) is 15.4 Å². The van der Waals surface area contributed by atoms with Gasteiger partial charge in [-0.2, -0.15) is 10.2 Å². The minimum absolute atomic E-state index is 0.0690. The van der Waals surface area contributed by atoms with E-state index in [-0.39, 0.29) is 5.76 Å². The number of carboxylic acids is 1. The van der Waals surface area contributed by atoms with Crippen molar-refractivity contribution in [3.05, 3.63) is 47.8 Å². The standard InChI is InChI=1S/C14H14N4O3/c1-9-11(8-17(2)15-9)12-5-6-18(16-12)7-10-3-4-13(21-10)14(19)20/h3-6,8H,7H2,1-2H3,(H,19,20). The molecule has 108 valence electrons. The van der Waals surface area contributed by atoms with Gasteiger partial charge >= 0.3 is 5.97 Å². The second-order valence-corrected chi connectivity index (χ2v) is 4.77. The van der Waals surface area contributed by atoms with Crippen LogP contribution in [0.15, 0.2) is 35.0 Å². The van der Waals surface area contributed by atoms with Crippen LogP contribution in [-0.2, 0) is 13.6 Å². The van der Waals surface area contributed by atoms with Crippen molar-refractivity contribution in [1.82, 2.24) is 19.6 Å². The first kappa shape index (κ1) is 13.2. The zero-order valence-corrected chi connectivity index (χ0v) is 11.6. The predicted molar refractivity (Wildman–Crippen MR) is 73.9 cm³/mol. The van der Waals surface area contributed by atoms with Gasteiger partial charge in [-0.3, -0.25) is 9.36 Å². The predicted octanol–water partition coefficient (Wildman–Crippen LogP) is 1.93. The van der Waals surface area contributed by atoms with Crippen molar-refractivity contribution in [2.75, 3.05) is 0 Å². The molecule has 0 aliphatic carbocycles. The number of furan rings is 1. The number of carbonyl (C=O) groups is 1. The van der Waals surface area contributed by atoms with Gasteiger partial charge in [0.1, 0.15) is 5.76 Å². The third-order valence-corrected chi connectivity index (χ3v) is 3.12. The molecule has 0 aliphatic heterocycles. The molecule has 0 radical (unpaired) electrons. The molecular weight excluding hydrogens is 272 g/mol. The van der Waals surface area contributed by atoms with Gasteiger partial charge in [-0.15, -0.1) is 0 Å². The molecule has 0 aliphatic rings. The lowest BCUT2D eigenvalue weighted by Gasteiger charge is -1.98. The minimum Gasteiger partial charge on any atom is -0.475 e. The maximum absolute atomic E-state index is 10.8. The van der Waals surface area contributed by atoms with E-state index in [4.69, 9.17) is 9.52 Å². The first-order valence-corrected chi connectivity index (χ1v) is 6.39. The van der Waals surface area contributed by atoms with Crippen LogP contribution in [0.25, 0.3) is 11.3 Å². The summed E-state index contributed by atoms with van der Waals surface area (Å²) in [4.78, 5) is 10.8. The van der Waals surface area contributed by atoms with Gasteiger partial charge in [-0.1, -0.05) is 0 Å². The Morgan fingerprint density at radius 3 is 2.76 bits per heavy atom. The van der Waals surface area contributed by atoms with Crippen LogP contribution in [0, 0.1) is 6.92 Å². The number of hydrogen-bond donors (Lipinski definition) is 1. The molecule has 21 heavy (non-hydrogen) atoms. The van der Waals surface area contributed by atoms with Crippen molar-refractivity contribution >= 4 is 5.97 Å². The van der Waals surface area contributed by atoms with Gasteiger partial charge in [0.15, 0.2) is 0 Å². The van der Waals surface area contributed by atoms with E-state index in [0.717, 1.165) is 17.0 Å². The molecule has 0 unspecified atom stereocenters. The lowest BCUT2D eigenvalue weighted by Crippen LogP contribution is -1.99. The third kappa shape index (κ3) is 2.58. The number of rotatable bonds is 4. The molecule has 0 amide bonds. The molecule has 0 atom stereocenters. The molecular formula is C14H14N4O3. The summed E-state index contributed by atoms with van der Waals surface area (Å²) in [6.07, 6.45) is 3.74. The highest BCUT2D eigenvalue weighted by Crippen LogP contribution is 2.20. The summed E-state index contributed by atoms with van der Waals surface area (Å²) in [5.74, 6) is -0.598. The maximum atomic E-state index is 10.8. The lowest BCUT2D eigenvalue weighted by atomic mass is 10.2. The van der Waals surface area contributed by atoms with Crippen LogP contribution in [0.3, 0.4) is 0 Å². The Morgan fingerprint density at radius 2 is 2.14 bits per heavy atom. The summed E-state index contributed by atoms with van der Waals surface area (Å²) in [6.45, 7) is 2.31. The highest BCUT2D eigenvalue weighted by molar-refractivity contribution is 5.84. The van der Waals surface area contributed by atoms with E-state index < -0.39 is 5.97 Å². The average molecular weight is 286 g/mol. The second-order valence-electron chi connectivity index (χ2n) is 4.77. The van der Waals surface area contributed by atoms with Crippen molar-refractivity contribution in [2.24, 2.45) is 7.05 Å². The van der Waals surface area contributed by atoms with E-state index in [1.165, 1.54) is 6.07 Å². The normalized spacial score (nSPS) is 11.0. The van der Waals surface area contributed by atoms with Gasteiger partial charge in [0.25, 0.3) is 0 Å². The number of nitrogens with zero attached hydrogens (tertiary/aromatic N) is 4. The number of aromatic carboxylic acids is 1. The minimum atomic E-state index is -1.08. The third-order valence-electron chi connectivity index (χ3n) is 3.12. The fraction of sp³-hybridized carbons (Fsp3) is 0.214. The lowest BCUT2D eigenvalue weighted by molar-refractivity contribution is 0.0660. The second kappa shape index (κ2) is 4.93. The molecule has 0 aromatic carbocycles. The van der Waals surface area contributed by atoms with Crippen LogP contribution in [-0.4, -0.2) is 30.6 Å². The molecule has 1 N–H and O–H groups in total. The Labute approximate surface area is 120 Å². The van der Waals surface area contributed by atoms with Crippen LogP contribution in [0.4, 0.5) is 0 Å². The topological polar surface area (TPSA) is 86.1 Å². The molecule has 3 rings (SSSR count). The van der Waals surface area contributed by atoms with Crippen molar-refractivity contribution in [1.29, 1.82) is 0 Å². The van der Waals surface area contributed by atoms with Gasteiger partial charge in [-0.25, -0.2) is 4.79 Å². The molecule has 3 aromatic heterocycles. The van der Waals surface area contributed by atoms with E-state index in [1.807, 2.05) is 32.4 Å². The van der Waals surface area contributed by atoms with Crippen molar-refractivity contribution < 1.29 is 14.3 Å². The molecule has 0 saturated heterocycles. The van der Waals surface area contributed by atoms with Crippen LogP contribution in [0.5, 0.6) is 0 Å². The Hall–Kier alpha value is -2.83. The number of carboxylic acid groups (broad SMARTS) is 1. The number of aromatic nitrogens is 4. The molecule has 0 bridgehead atoms. The average Bonchev–Trinajstić information content (AvgIpc) is 3.10. The van der Waals surface area contributed by atoms with Gasteiger partial charge in [-0.05, 0) is 25.1 Å². The van der Waals surface area contributed by atoms with Crippen molar-refractivity contribution in [2.45, 2.75) is 13.5 Å². The highest BCUT2D eigenvalue weighted by atomic mass is 16.4. The SMILES string of the molecule is Cc1nn(C)cc1-c1ccn(Cc2ccc(C(=O)O)o2)n1. The maximum Gasteiger partial charge on any atom is 0.371 e. The van der Waals surface area contributed by atoms with Crippen LogP contribution in [0.1, 0.15) is 22.0 Å². The Kier molecular flexibility index (Phi) is 3.09. The van der Waals surface area contributed by atoms with Crippen LogP contribution in [0.2, 0.25) is 0 Å². The molecule has 7 nitrogen and oxygen atoms in total. The van der Waals surface area contributed by atoms with Crippen molar-refractivity contribution in [3.63, 3.8) is 0 Å². The summed E-state index contributed by atoms with van der Waals surface area (Å²) in [5, 5.41) is 17.6. The zero-order valence-electron chi connectivity index (χ0n) is 11.6. The molecule has 3 aromatic rings. The molecule has 0 saturated carbocycles. The molecule has 7 heteroatoms. The molecule has 3 heterocycles. The summed E-state index contributed by atoms with van der Waals surface area (Å²) >= 11 is 0. The summed E-state index contributed by atoms with van der Waals surface area (Å²) < 4.78 is 8.66. The Balaban J connectivity index is 1.81. The quantitative estimate of drug-likeness (QED) is 0.792.